The molecule has 1 aromatic carbocycles. The van der Waals surface area contributed by atoms with Crippen molar-refractivity contribution < 1.29 is 8.78 Å². The zero-order valence-electron chi connectivity index (χ0n) is 8.00. The van der Waals surface area contributed by atoms with E-state index in [-0.39, 0.29) is 0 Å². The van der Waals surface area contributed by atoms with Crippen LogP contribution in [-0.2, 0) is 5.41 Å². The Morgan fingerprint density at radius 3 is 2.07 bits per heavy atom. The van der Waals surface area contributed by atoms with Crippen molar-refractivity contribution in [3.63, 3.8) is 0 Å². The van der Waals surface area contributed by atoms with Crippen LogP contribution in [-0.4, -0.2) is 0 Å². The predicted molar refractivity (Wildman–Crippen MR) is 52.0 cm³/mol. The molecular formula is C12H9F2N. The second-order valence-electron chi connectivity index (χ2n) is 3.73. The molecule has 0 amide bonds. The van der Waals surface area contributed by atoms with Crippen LogP contribution in [0.25, 0.3) is 0 Å². The van der Waals surface area contributed by atoms with Gasteiger partial charge in [0.15, 0.2) is 0 Å². The summed E-state index contributed by atoms with van der Waals surface area (Å²) < 4.78 is 26.0. The minimum Gasteiger partial charge on any atom is -0.207 e. The van der Waals surface area contributed by atoms with Crippen molar-refractivity contribution in [1.29, 1.82) is 5.26 Å². The molecule has 3 heteroatoms. The fourth-order valence-electron chi connectivity index (χ4n) is 1.87. The van der Waals surface area contributed by atoms with Crippen molar-refractivity contribution in [2.45, 2.75) is 18.3 Å². The second kappa shape index (κ2) is 3.47. The van der Waals surface area contributed by atoms with E-state index < -0.39 is 17.0 Å². The molecule has 0 aromatic heterocycles. The van der Waals surface area contributed by atoms with Crippen molar-refractivity contribution in [2.75, 3.05) is 0 Å². The van der Waals surface area contributed by atoms with E-state index in [1.807, 2.05) is 12.2 Å². The van der Waals surface area contributed by atoms with Gasteiger partial charge in [0, 0.05) is 6.07 Å². The Balaban J connectivity index is 2.49. The van der Waals surface area contributed by atoms with Crippen molar-refractivity contribution >= 4 is 0 Å². The van der Waals surface area contributed by atoms with Gasteiger partial charge in [0.1, 0.15) is 11.6 Å². The maximum Gasteiger partial charge on any atom is 0.126 e. The first-order valence-electron chi connectivity index (χ1n) is 4.69. The highest BCUT2D eigenvalue weighted by Crippen LogP contribution is 2.36. The maximum atomic E-state index is 13.0. The smallest absolute Gasteiger partial charge is 0.126 e. The van der Waals surface area contributed by atoms with Gasteiger partial charge in [-0.25, -0.2) is 8.78 Å². The molecule has 0 spiro atoms. The number of nitriles is 1. The number of halogens is 2. The van der Waals surface area contributed by atoms with E-state index in [4.69, 9.17) is 5.26 Å². The SMILES string of the molecule is N#CC1(c2cc(F)cc(F)c2)CC=CC1. The normalized spacial score (nSPS) is 17.7. The molecule has 76 valence electrons. The molecule has 0 unspecified atom stereocenters. The van der Waals surface area contributed by atoms with Crippen LogP contribution in [0.4, 0.5) is 8.78 Å². The van der Waals surface area contributed by atoms with Crippen molar-refractivity contribution in [2.24, 2.45) is 0 Å². The van der Waals surface area contributed by atoms with Crippen molar-refractivity contribution in [1.82, 2.24) is 0 Å². The minimum atomic E-state index is -0.775. The van der Waals surface area contributed by atoms with Gasteiger partial charge in [0.05, 0.1) is 11.5 Å². The highest BCUT2D eigenvalue weighted by atomic mass is 19.1. The quantitative estimate of drug-likeness (QED) is 0.646. The highest BCUT2D eigenvalue weighted by molar-refractivity contribution is 5.37. The van der Waals surface area contributed by atoms with Crippen LogP contribution in [0.3, 0.4) is 0 Å². The molecule has 0 saturated heterocycles. The maximum absolute atomic E-state index is 13.0. The standard InChI is InChI=1S/C12H9F2N/c13-10-5-9(6-11(14)7-10)12(8-15)3-1-2-4-12/h1-2,5-7H,3-4H2. The summed E-state index contributed by atoms with van der Waals surface area (Å²) in [6.45, 7) is 0. The van der Waals surface area contributed by atoms with Gasteiger partial charge in [0.2, 0.25) is 0 Å². The fourth-order valence-corrected chi connectivity index (χ4v) is 1.87. The van der Waals surface area contributed by atoms with Crippen LogP contribution >= 0.6 is 0 Å². The number of hydrogen-bond donors (Lipinski definition) is 0. The summed E-state index contributed by atoms with van der Waals surface area (Å²) in [5, 5.41) is 9.12. The topological polar surface area (TPSA) is 23.8 Å². The van der Waals surface area contributed by atoms with Gasteiger partial charge >= 0.3 is 0 Å². The lowest BCUT2D eigenvalue weighted by molar-refractivity contribution is 0.549. The molecule has 1 aliphatic carbocycles. The van der Waals surface area contributed by atoms with E-state index in [2.05, 4.69) is 6.07 Å². The van der Waals surface area contributed by atoms with Crippen LogP contribution in [0.2, 0.25) is 0 Å². The molecule has 1 aromatic rings. The molecule has 15 heavy (non-hydrogen) atoms. The summed E-state index contributed by atoms with van der Waals surface area (Å²) in [4.78, 5) is 0. The van der Waals surface area contributed by atoms with Crippen LogP contribution in [0, 0.1) is 23.0 Å². The fraction of sp³-hybridized carbons (Fsp3) is 0.250. The Labute approximate surface area is 86.6 Å². The number of rotatable bonds is 1. The second-order valence-corrected chi connectivity index (χ2v) is 3.73. The summed E-state index contributed by atoms with van der Waals surface area (Å²) in [6, 6.07) is 5.44. The summed E-state index contributed by atoms with van der Waals surface area (Å²) in [7, 11) is 0. The number of benzene rings is 1. The first kappa shape index (κ1) is 9.85. The average Bonchev–Trinajstić information content (AvgIpc) is 2.65. The minimum absolute atomic E-state index is 0.424. The molecule has 1 nitrogen and oxygen atoms in total. The van der Waals surface area contributed by atoms with E-state index >= 15 is 0 Å². The van der Waals surface area contributed by atoms with Crippen LogP contribution in [0.1, 0.15) is 18.4 Å². The largest absolute Gasteiger partial charge is 0.207 e. The van der Waals surface area contributed by atoms with Gasteiger partial charge in [-0.1, -0.05) is 12.2 Å². The Kier molecular flexibility index (Phi) is 2.28. The van der Waals surface area contributed by atoms with Gasteiger partial charge < -0.3 is 0 Å². The summed E-state index contributed by atoms with van der Waals surface area (Å²) in [6.07, 6.45) is 4.77. The van der Waals surface area contributed by atoms with Crippen molar-refractivity contribution in [3.05, 3.63) is 47.5 Å². The number of nitrogens with zero attached hydrogens (tertiary/aromatic N) is 1. The summed E-state index contributed by atoms with van der Waals surface area (Å²) in [5.74, 6) is -1.27. The van der Waals surface area contributed by atoms with Crippen molar-refractivity contribution in [3.8, 4) is 6.07 Å². The molecule has 0 heterocycles. The molecule has 0 fully saturated rings. The van der Waals surface area contributed by atoms with E-state index in [1.54, 1.807) is 0 Å². The monoisotopic (exact) mass is 205 g/mol. The first-order valence-corrected chi connectivity index (χ1v) is 4.69. The van der Waals surface area contributed by atoms with E-state index in [0.717, 1.165) is 6.07 Å². The van der Waals surface area contributed by atoms with Crippen LogP contribution in [0.15, 0.2) is 30.4 Å². The zero-order chi connectivity index (χ0) is 10.9. The molecule has 0 aliphatic heterocycles. The molecule has 0 radical (unpaired) electrons. The van der Waals surface area contributed by atoms with Gasteiger partial charge in [0.25, 0.3) is 0 Å². The Hall–Kier alpha value is -1.69. The van der Waals surface area contributed by atoms with Crippen LogP contribution in [0.5, 0.6) is 0 Å². The zero-order valence-corrected chi connectivity index (χ0v) is 8.00. The van der Waals surface area contributed by atoms with Gasteiger partial charge in [-0.05, 0) is 30.5 Å². The molecular weight excluding hydrogens is 196 g/mol. The molecule has 0 atom stereocenters. The Morgan fingerprint density at radius 2 is 1.60 bits per heavy atom. The van der Waals surface area contributed by atoms with Gasteiger partial charge in [-0.3, -0.25) is 0 Å². The van der Waals surface area contributed by atoms with Gasteiger partial charge in [-0.15, -0.1) is 0 Å². The summed E-state index contributed by atoms with van der Waals surface area (Å²) in [5.41, 5.74) is -0.351. The molecule has 1 aliphatic rings. The Morgan fingerprint density at radius 1 is 1.07 bits per heavy atom. The molecule has 2 rings (SSSR count). The van der Waals surface area contributed by atoms with Crippen LogP contribution < -0.4 is 0 Å². The lowest BCUT2D eigenvalue weighted by atomic mass is 9.80. The Bertz CT molecular complexity index is 429. The first-order chi connectivity index (χ1) is 7.16. The molecule has 0 bridgehead atoms. The molecule has 0 saturated carbocycles. The highest BCUT2D eigenvalue weighted by Gasteiger charge is 2.33. The summed E-state index contributed by atoms with van der Waals surface area (Å²) >= 11 is 0. The number of allylic oxidation sites excluding steroid dienone is 2. The number of hydrogen-bond acceptors (Lipinski definition) is 1. The van der Waals surface area contributed by atoms with E-state index in [1.165, 1.54) is 12.1 Å². The molecule has 0 N–H and O–H groups in total. The lowest BCUT2D eigenvalue weighted by Crippen LogP contribution is -2.20. The average molecular weight is 205 g/mol. The third-order valence-electron chi connectivity index (χ3n) is 2.73. The van der Waals surface area contributed by atoms with E-state index in [0.29, 0.717) is 18.4 Å². The third-order valence-corrected chi connectivity index (χ3v) is 2.73. The third kappa shape index (κ3) is 1.63. The lowest BCUT2D eigenvalue weighted by Gasteiger charge is -2.20. The van der Waals surface area contributed by atoms with Gasteiger partial charge in [-0.2, -0.15) is 5.26 Å². The van der Waals surface area contributed by atoms with E-state index in [9.17, 15) is 8.78 Å². The predicted octanol–water partition coefficient (Wildman–Crippen LogP) is 3.08.